The van der Waals surface area contributed by atoms with E-state index in [0.717, 1.165) is 5.56 Å². The molecule has 1 atom stereocenters. The van der Waals surface area contributed by atoms with Gasteiger partial charge in [0.1, 0.15) is 17.7 Å². The predicted molar refractivity (Wildman–Crippen MR) is 92.1 cm³/mol. The van der Waals surface area contributed by atoms with Crippen LogP contribution in [0.5, 0.6) is 5.75 Å². The Hall–Kier alpha value is -2.93. The molecule has 1 aliphatic rings. The van der Waals surface area contributed by atoms with Crippen molar-refractivity contribution in [3.05, 3.63) is 65.5 Å². The summed E-state index contributed by atoms with van der Waals surface area (Å²) in [6.45, 7) is 0.846. The molecule has 0 saturated carbocycles. The molecule has 2 amide bonds. The van der Waals surface area contributed by atoms with Gasteiger partial charge < -0.3 is 20.1 Å². The fourth-order valence-corrected chi connectivity index (χ4v) is 2.80. The first kappa shape index (κ1) is 17.9. The molecule has 1 heterocycles. The maximum Gasteiger partial charge on any atom is 0.257 e. The molecule has 26 heavy (non-hydrogen) atoms. The normalized spacial score (nSPS) is 17.0. The van der Waals surface area contributed by atoms with Crippen molar-refractivity contribution in [2.75, 3.05) is 26.3 Å². The lowest BCUT2D eigenvalue weighted by molar-refractivity contribution is -0.119. The van der Waals surface area contributed by atoms with Crippen molar-refractivity contribution in [3.8, 4) is 5.75 Å². The highest BCUT2D eigenvalue weighted by Crippen LogP contribution is 2.26. The number of amides is 2. The average molecular weight is 358 g/mol. The van der Waals surface area contributed by atoms with E-state index in [4.69, 9.17) is 15.2 Å². The molecule has 1 fully saturated rings. The van der Waals surface area contributed by atoms with Crippen LogP contribution >= 0.6 is 0 Å². The number of primary amides is 1. The average Bonchev–Trinajstić information content (AvgIpc) is 2.66. The van der Waals surface area contributed by atoms with Crippen LogP contribution in [0.25, 0.3) is 0 Å². The summed E-state index contributed by atoms with van der Waals surface area (Å²) in [5.74, 6) is -0.852. The van der Waals surface area contributed by atoms with Crippen molar-refractivity contribution in [2.24, 2.45) is 5.73 Å². The summed E-state index contributed by atoms with van der Waals surface area (Å²) in [6.07, 6.45) is -0.327. The minimum Gasteiger partial charge on any atom is -0.483 e. The zero-order valence-electron chi connectivity index (χ0n) is 14.1. The lowest BCUT2D eigenvalue weighted by atomic mass is 10.1. The number of nitrogens with zero attached hydrogens (tertiary/aromatic N) is 1. The molecule has 2 aromatic rings. The summed E-state index contributed by atoms with van der Waals surface area (Å²) in [4.78, 5) is 25.5. The third-order valence-corrected chi connectivity index (χ3v) is 4.08. The second-order valence-corrected chi connectivity index (χ2v) is 5.91. The highest BCUT2D eigenvalue weighted by Gasteiger charge is 2.27. The Morgan fingerprint density at radius 3 is 2.65 bits per heavy atom. The Bertz CT molecular complexity index is 794. The van der Waals surface area contributed by atoms with Gasteiger partial charge in [0.25, 0.3) is 11.8 Å². The van der Waals surface area contributed by atoms with Crippen molar-refractivity contribution in [1.82, 2.24) is 4.90 Å². The van der Waals surface area contributed by atoms with Gasteiger partial charge >= 0.3 is 0 Å². The molecule has 136 valence electrons. The largest absolute Gasteiger partial charge is 0.483 e. The minimum atomic E-state index is -0.616. The number of nitrogens with two attached hydrogens (primary N) is 1. The SMILES string of the molecule is NC(=O)COc1ccccc1C(=O)N1CCOC(c2ccc(F)cc2)C1. The number of para-hydroxylation sites is 1. The smallest absolute Gasteiger partial charge is 0.257 e. The molecule has 1 aliphatic heterocycles. The summed E-state index contributed by atoms with van der Waals surface area (Å²) in [5, 5.41) is 0. The standard InChI is InChI=1S/C19H19FN2O4/c20-14-7-5-13(6-8-14)17-11-22(9-10-25-17)19(24)15-3-1-2-4-16(15)26-12-18(21)23/h1-8,17H,9-12H2,(H2,21,23). The van der Waals surface area contributed by atoms with E-state index in [2.05, 4.69) is 0 Å². The summed E-state index contributed by atoms with van der Waals surface area (Å²) in [7, 11) is 0. The monoisotopic (exact) mass is 358 g/mol. The predicted octanol–water partition coefficient (Wildman–Crippen LogP) is 1.90. The van der Waals surface area contributed by atoms with Gasteiger partial charge in [-0.2, -0.15) is 0 Å². The van der Waals surface area contributed by atoms with Gasteiger partial charge in [0, 0.05) is 6.54 Å². The van der Waals surface area contributed by atoms with E-state index in [1.54, 1.807) is 41.3 Å². The van der Waals surface area contributed by atoms with E-state index in [1.165, 1.54) is 12.1 Å². The summed E-state index contributed by atoms with van der Waals surface area (Å²) < 4.78 is 24.2. The molecule has 0 spiro atoms. The number of ether oxygens (including phenoxy) is 2. The van der Waals surface area contributed by atoms with Crippen LogP contribution in [0, 0.1) is 5.82 Å². The Balaban J connectivity index is 1.75. The lowest BCUT2D eigenvalue weighted by Gasteiger charge is -2.33. The molecule has 0 aliphatic carbocycles. The maximum absolute atomic E-state index is 13.1. The molecule has 0 bridgehead atoms. The quantitative estimate of drug-likeness (QED) is 0.885. The van der Waals surface area contributed by atoms with Gasteiger partial charge in [0.15, 0.2) is 6.61 Å². The molecule has 1 unspecified atom stereocenters. The van der Waals surface area contributed by atoms with Gasteiger partial charge in [0.05, 0.1) is 18.7 Å². The first-order chi connectivity index (χ1) is 12.5. The van der Waals surface area contributed by atoms with Gasteiger partial charge in [-0.3, -0.25) is 9.59 Å². The first-order valence-electron chi connectivity index (χ1n) is 8.21. The highest BCUT2D eigenvalue weighted by molar-refractivity contribution is 5.97. The van der Waals surface area contributed by atoms with Crippen LogP contribution in [-0.4, -0.2) is 43.0 Å². The van der Waals surface area contributed by atoms with Crippen LogP contribution in [0.1, 0.15) is 22.0 Å². The van der Waals surface area contributed by atoms with Crippen LogP contribution in [0.3, 0.4) is 0 Å². The van der Waals surface area contributed by atoms with Crippen LogP contribution in [0.4, 0.5) is 4.39 Å². The highest BCUT2D eigenvalue weighted by atomic mass is 19.1. The molecule has 2 aromatic carbocycles. The van der Waals surface area contributed by atoms with E-state index in [0.29, 0.717) is 31.0 Å². The van der Waals surface area contributed by atoms with Crippen LogP contribution in [0.15, 0.2) is 48.5 Å². The Kier molecular flexibility index (Phi) is 5.48. The van der Waals surface area contributed by atoms with E-state index in [-0.39, 0.29) is 24.4 Å². The molecule has 6 nitrogen and oxygen atoms in total. The number of carbonyl (C=O) groups is 2. The Morgan fingerprint density at radius 2 is 1.92 bits per heavy atom. The second kappa shape index (κ2) is 7.97. The molecule has 0 aromatic heterocycles. The lowest BCUT2D eigenvalue weighted by Crippen LogP contribution is -2.42. The number of halogens is 1. The van der Waals surface area contributed by atoms with E-state index < -0.39 is 5.91 Å². The second-order valence-electron chi connectivity index (χ2n) is 5.91. The number of morpholine rings is 1. The van der Waals surface area contributed by atoms with E-state index in [9.17, 15) is 14.0 Å². The van der Waals surface area contributed by atoms with E-state index in [1.807, 2.05) is 0 Å². The van der Waals surface area contributed by atoms with Crippen LogP contribution in [0.2, 0.25) is 0 Å². The third-order valence-electron chi connectivity index (χ3n) is 4.08. The molecule has 3 rings (SSSR count). The molecule has 0 radical (unpaired) electrons. The molecule has 7 heteroatoms. The Labute approximate surface area is 150 Å². The number of hydrogen-bond acceptors (Lipinski definition) is 4. The molecular formula is C19H19FN2O4. The Morgan fingerprint density at radius 1 is 1.19 bits per heavy atom. The van der Waals surface area contributed by atoms with Gasteiger partial charge in [0.2, 0.25) is 0 Å². The zero-order chi connectivity index (χ0) is 18.5. The topological polar surface area (TPSA) is 81.9 Å². The van der Waals surface area contributed by atoms with Crippen molar-refractivity contribution in [3.63, 3.8) is 0 Å². The van der Waals surface area contributed by atoms with Crippen molar-refractivity contribution in [1.29, 1.82) is 0 Å². The number of rotatable bonds is 5. The molecular weight excluding hydrogens is 339 g/mol. The van der Waals surface area contributed by atoms with Crippen molar-refractivity contribution < 1.29 is 23.5 Å². The molecule has 1 saturated heterocycles. The zero-order valence-corrected chi connectivity index (χ0v) is 14.1. The summed E-state index contributed by atoms with van der Waals surface area (Å²) in [5.41, 5.74) is 6.26. The van der Waals surface area contributed by atoms with Crippen LogP contribution in [-0.2, 0) is 9.53 Å². The number of benzene rings is 2. The van der Waals surface area contributed by atoms with Gasteiger partial charge in [-0.15, -0.1) is 0 Å². The van der Waals surface area contributed by atoms with Crippen molar-refractivity contribution >= 4 is 11.8 Å². The van der Waals surface area contributed by atoms with Gasteiger partial charge in [-0.05, 0) is 29.8 Å². The number of hydrogen-bond donors (Lipinski definition) is 1. The fraction of sp³-hybridized carbons (Fsp3) is 0.263. The third kappa shape index (κ3) is 4.18. The maximum atomic E-state index is 13.1. The summed E-state index contributed by atoms with van der Waals surface area (Å²) in [6, 6.07) is 12.7. The first-order valence-corrected chi connectivity index (χ1v) is 8.21. The minimum absolute atomic E-state index is 0.222. The van der Waals surface area contributed by atoms with Crippen LogP contribution < -0.4 is 10.5 Å². The summed E-state index contributed by atoms with van der Waals surface area (Å²) >= 11 is 0. The van der Waals surface area contributed by atoms with Gasteiger partial charge in [-0.1, -0.05) is 24.3 Å². The van der Waals surface area contributed by atoms with Crippen molar-refractivity contribution in [2.45, 2.75) is 6.10 Å². The van der Waals surface area contributed by atoms with Gasteiger partial charge in [-0.25, -0.2) is 4.39 Å². The molecule has 2 N–H and O–H groups in total. The fourth-order valence-electron chi connectivity index (χ4n) is 2.80. The number of carbonyl (C=O) groups excluding carboxylic acids is 2. The van der Waals surface area contributed by atoms with E-state index >= 15 is 0 Å².